The van der Waals surface area contributed by atoms with E-state index in [0.29, 0.717) is 19.0 Å². The van der Waals surface area contributed by atoms with Gasteiger partial charge in [-0.2, -0.15) is 4.31 Å². The molecule has 2 N–H and O–H groups in total. The van der Waals surface area contributed by atoms with E-state index in [4.69, 9.17) is 17.3 Å². The third-order valence-corrected chi connectivity index (χ3v) is 6.94. The molecule has 2 fully saturated rings. The number of halogens is 2. The fraction of sp³-hybridized carbons (Fsp3) is 0.571. The monoisotopic (exact) mass is 332 g/mol. The fourth-order valence-electron chi connectivity index (χ4n) is 3.49. The Bertz CT molecular complexity index is 652. The smallest absolute Gasteiger partial charge is 0.244 e. The lowest BCUT2D eigenvalue weighted by atomic mass is 9.78. The molecule has 21 heavy (non-hydrogen) atoms. The summed E-state index contributed by atoms with van der Waals surface area (Å²) in [5.74, 6) is -0.108. The van der Waals surface area contributed by atoms with Crippen LogP contribution in [0.4, 0.5) is 4.39 Å². The maximum absolute atomic E-state index is 13.4. The maximum atomic E-state index is 13.4. The van der Waals surface area contributed by atoms with Crippen LogP contribution >= 0.6 is 11.6 Å². The van der Waals surface area contributed by atoms with Crippen molar-refractivity contribution in [3.8, 4) is 0 Å². The number of fused-ring (bicyclic) bond motifs is 1. The van der Waals surface area contributed by atoms with Gasteiger partial charge in [0.05, 0.1) is 5.02 Å². The maximum Gasteiger partial charge on any atom is 0.244 e. The van der Waals surface area contributed by atoms with Crippen molar-refractivity contribution < 1.29 is 12.8 Å². The number of rotatable bonds is 2. The second kappa shape index (κ2) is 5.50. The molecule has 1 aromatic carbocycles. The molecule has 7 heteroatoms. The van der Waals surface area contributed by atoms with Gasteiger partial charge in [-0.15, -0.1) is 0 Å². The van der Waals surface area contributed by atoms with Gasteiger partial charge in [0, 0.05) is 19.1 Å². The Morgan fingerprint density at radius 2 is 2.05 bits per heavy atom. The molecule has 0 aromatic heterocycles. The van der Waals surface area contributed by atoms with Crippen LogP contribution in [0.2, 0.25) is 5.02 Å². The molecule has 4 nitrogen and oxygen atoms in total. The van der Waals surface area contributed by atoms with E-state index < -0.39 is 15.8 Å². The van der Waals surface area contributed by atoms with Gasteiger partial charge in [0.15, 0.2) is 0 Å². The zero-order valence-electron chi connectivity index (χ0n) is 11.5. The zero-order chi connectivity index (χ0) is 15.2. The number of nitrogens with two attached hydrogens (primary N) is 1. The first-order chi connectivity index (χ1) is 9.89. The van der Waals surface area contributed by atoms with Crippen molar-refractivity contribution in [2.45, 2.75) is 30.2 Å². The molecule has 1 saturated carbocycles. The summed E-state index contributed by atoms with van der Waals surface area (Å²) in [5.41, 5.74) is 6.11. The van der Waals surface area contributed by atoms with Crippen molar-refractivity contribution in [3.63, 3.8) is 0 Å². The van der Waals surface area contributed by atoms with Gasteiger partial charge >= 0.3 is 0 Å². The van der Waals surface area contributed by atoms with E-state index in [0.717, 1.165) is 31.4 Å². The van der Waals surface area contributed by atoms with Gasteiger partial charge in [-0.1, -0.05) is 18.0 Å². The van der Waals surface area contributed by atoms with Crippen molar-refractivity contribution in [2.24, 2.45) is 17.6 Å². The highest BCUT2D eigenvalue weighted by atomic mass is 35.5. The minimum atomic E-state index is -3.77. The first-order valence-electron chi connectivity index (χ1n) is 7.10. The summed E-state index contributed by atoms with van der Waals surface area (Å²) in [6.45, 7) is 0.856. The number of hydrogen-bond acceptors (Lipinski definition) is 3. The molecule has 1 aromatic rings. The molecule has 3 unspecified atom stereocenters. The van der Waals surface area contributed by atoms with E-state index in [2.05, 4.69) is 0 Å². The van der Waals surface area contributed by atoms with Gasteiger partial charge in [-0.05, 0) is 42.9 Å². The predicted octanol–water partition coefficient (Wildman–Crippen LogP) is 2.23. The first kappa shape index (κ1) is 15.2. The van der Waals surface area contributed by atoms with E-state index in [-0.39, 0.29) is 21.9 Å². The topological polar surface area (TPSA) is 63.4 Å². The largest absolute Gasteiger partial charge is 0.327 e. The van der Waals surface area contributed by atoms with Crippen LogP contribution in [0.25, 0.3) is 0 Å². The van der Waals surface area contributed by atoms with Crippen LogP contribution in [0.15, 0.2) is 23.1 Å². The summed E-state index contributed by atoms with van der Waals surface area (Å²) in [7, 11) is -3.77. The van der Waals surface area contributed by atoms with Crippen LogP contribution in [-0.4, -0.2) is 31.9 Å². The molecular weight excluding hydrogens is 315 g/mol. The number of benzene rings is 1. The molecule has 0 radical (unpaired) electrons. The van der Waals surface area contributed by atoms with Crippen molar-refractivity contribution in [1.82, 2.24) is 4.31 Å². The minimum absolute atomic E-state index is 0.0481. The van der Waals surface area contributed by atoms with Gasteiger partial charge < -0.3 is 5.73 Å². The summed E-state index contributed by atoms with van der Waals surface area (Å²) in [6, 6.07) is 3.46. The lowest BCUT2D eigenvalue weighted by Gasteiger charge is -2.29. The lowest BCUT2D eigenvalue weighted by Crippen LogP contribution is -2.38. The van der Waals surface area contributed by atoms with Crippen LogP contribution in [0, 0.1) is 17.7 Å². The van der Waals surface area contributed by atoms with Crippen LogP contribution in [-0.2, 0) is 10.0 Å². The molecule has 0 bridgehead atoms. The molecule has 3 atom stereocenters. The molecule has 1 aliphatic heterocycles. The molecule has 1 aliphatic carbocycles. The molecule has 3 rings (SSSR count). The molecular formula is C14H18ClFN2O2S. The van der Waals surface area contributed by atoms with Crippen molar-refractivity contribution in [1.29, 1.82) is 0 Å². The molecule has 0 amide bonds. The summed E-state index contributed by atoms with van der Waals surface area (Å²) in [6.07, 6.45) is 2.98. The average molecular weight is 333 g/mol. The molecule has 1 heterocycles. The summed E-state index contributed by atoms with van der Waals surface area (Å²) >= 11 is 5.94. The fourth-order valence-corrected chi connectivity index (χ4v) is 5.51. The van der Waals surface area contributed by atoms with Crippen molar-refractivity contribution in [3.05, 3.63) is 29.0 Å². The second-order valence-electron chi connectivity index (χ2n) is 5.92. The van der Waals surface area contributed by atoms with E-state index in [1.807, 2.05) is 0 Å². The second-order valence-corrected chi connectivity index (χ2v) is 8.23. The van der Waals surface area contributed by atoms with E-state index in [1.165, 1.54) is 10.4 Å². The summed E-state index contributed by atoms with van der Waals surface area (Å²) < 4.78 is 40.2. The Morgan fingerprint density at radius 1 is 1.29 bits per heavy atom. The quantitative estimate of drug-likeness (QED) is 0.903. The normalized spacial score (nSPS) is 30.3. The number of hydrogen-bond donors (Lipinski definition) is 1. The Balaban J connectivity index is 1.91. The van der Waals surface area contributed by atoms with E-state index in [1.54, 1.807) is 0 Å². The van der Waals surface area contributed by atoms with Crippen molar-refractivity contribution in [2.75, 3.05) is 13.1 Å². The van der Waals surface area contributed by atoms with Gasteiger partial charge in [0.25, 0.3) is 0 Å². The zero-order valence-corrected chi connectivity index (χ0v) is 13.1. The van der Waals surface area contributed by atoms with Crippen LogP contribution in [0.1, 0.15) is 19.3 Å². The highest BCUT2D eigenvalue weighted by Gasteiger charge is 2.43. The third kappa shape index (κ3) is 2.70. The average Bonchev–Trinajstić information content (AvgIpc) is 2.88. The van der Waals surface area contributed by atoms with Gasteiger partial charge in [-0.25, -0.2) is 12.8 Å². The van der Waals surface area contributed by atoms with Crippen LogP contribution < -0.4 is 5.73 Å². The SMILES string of the molecule is NC1CCCC2CN(S(=O)(=O)c3cc(F)ccc3Cl)CC12. The van der Waals surface area contributed by atoms with Gasteiger partial charge in [0.1, 0.15) is 10.7 Å². The predicted molar refractivity (Wildman–Crippen MR) is 79.0 cm³/mol. The minimum Gasteiger partial charge on any atom is -0.327 e. The van der Waals surface area contributed by atoms with Crippen LogP contribution in [0.5, 0.6) is 0 Å². The third-order valence-electron chi connectivity index (χ3n) is 4.63. The van der Waals surface area contributed by atoms with Crippen LogP contribution in [0.3, 0.4) is 0 Å². The number of nitrogens with zero attached hydrogens (tertiary/aromatic N) is 1. The van der Waals surface area contributed by atoms with E-state index in [9.17, 15) is 12.8 Å². The molecule has 2 aliphatic rings. The molecule has 0 spiro atoms. The number of sulfonamides is 1. The Kier molecular flexibility index (Phi) is 3.98. The Hall–Kier alpha value is -0.690. The van der Waals surface area contributed by atoms with Gasteiger partial charge in [0.2, 0.25) is 10.0 Å². The lowest BCUT2D eigenvalue weighted by molar-refractivity contribution is 0.260. The summed E-state index contributed by atoms with van der Waals surface area (Å²) in [5, 5.41) is 0.0515. The standard InChI is InChI=1S/C14H18ClFN2O2S/c15-12-5-4-10(16)6-14(12)21(19,20)18-7-9-2-1-3-13(17)11(9)8-18/h4-6,9,11,13H,1-3,7-8,17H2. The highest BCUT2D eigenvalue weighted by molar-refractivity contribution is 7.89. The van der Waals surface area contributed by atoms with E-state index >= 15 is 0 Å². The summed E-state index contributed by atoms with van der Waals surface area (Å²) in [4.78, 5) is -0.156. The Morgan fingerprint density at radius 3 is 2.76 bits per heavy atom. The molecule has 116 valence electrons. The first-order valence-corrected chi connectivity index (χ1v) is 8.92. The molecule has 1 saturated heterocycles. The Labute approximate surface area is 129 Å². The van der Waals surface area contributed by atoms with Crippen molar-refractivity contribution >= 4 is 21.6 Å². The highest BCUT2D eigenvalue weighted by Crippen LogP contribution is 2.38. The van der Waals surface area contributed by atoms with Gasteiger partial charge in [-0.3, -0.25) is 0 Å².